The molecule has 1 saturated heterocycles. The summed E-state index contributed by atoms with van der Waals surface area (Å²) < 4.78 is 10.6. The van der Waals surface area contributed by atoms with Gasteiger partial charge in [-0.25, -0.2) is 4.57 Å². The number of hydrogen-bond donors (Lipinski definition) is 0. The summed E-state index contributed by atoms with van der Waals surface area (Å²) in [5.41, 5.74) is 8.01. The predicted octanol–water partition coefficient (Wildman–Crippen LogP) is 6.02. The molecule has 4 heterocycles. The molecule has 0 amide bonds. The molecule has 1 aliphatic rings. The zero-order chi connectivity index (χ0) is 20.7. The molecule has 0 radical (unpaired) electrons. The molecule has 31 heavy (non-hydrogen) atoms. The van der Waals surface area contributed by atoms with Crippen LogP contribution in [-0.4, -0.2) is 17.6 Å². The molecule has 0 aliphatic carbocycles. The fraction of sp³-hybridized carbons (Fsp3) is 0.250. The smallest absolute Gasteiger partial charge is 0.224 e. The summed E-state index contributed by atoms with van der Waals surface area (Å²) >= 11 is 0. The average Bonchev–Trinajstić information content (AvgIpc) is 3.14. The van der Waals surface area contributed by atoms with Gasteiger partial charge in [-0.3, -0.25) is 0 Å². The largest absolute Gasteiger partial charge is 0.381 e. The van der Waals surface area contributed by atoms with Crippen molar-refractivity contribution in [3.05, 3.63) is 71.9 Å². The van der Waals surface area contributed by atoms with Crippen molar-refractivity contribution >= 4 is 49.0 Å². The number of ether oxygens (including phenoxy) is 1. The Labute approximate surface area is 180 Å². The van der Waals surface area contributed by atoms with Crippen molar-refractivity contribution < 1.29 is 9.30 Å². The lowest BCUT2D eigenvalue weighted by molar-refractivity contribution is -0.643. The fourth-order valence-electron chi connectivity index (χ4n) is 5.92. The van der Waals surface area contributed by atoms with Crippen LogP contribution in [0.2, 0.25) is 0 Å². The summed E-state index contributed by atoms with van der Waals surface area (Å²) in [5, 5.41) is 6.69. The van der Waals surface area contributed by atoms with Gasteiger partial charge in [0.15, 0.2) is 6.20 Å². The molecule has 7 rings (SSSR count). The first-order valence-electron chi connectivity index (χ1n) is 11.3. The first-order chi connectivity index (χ1) is 15.2. The monoisotopic (exact) mass is 405 g/mol. The third-order valence-electron chi connectivity index (χ3n) is 7.41. The second-order valence-corrected chi connectivity index (χ2v) is 9.20. The number of hydrogen-bond acceptors (Lipinski definition) is 1. The Bertz CT molecular complexity index is 1640. The molecule has 3 aromatic carbocycles. The van der Waals surface area contributed by atoms with Gasteiger partial charge in [-0.05, 0) is 48.4 Å². The summed E-state index contributed by atoms with van der Waals surface area (Å²) in [6, 6.07) is 20.6. The maximum Gasteiger partial charge on any atom is 0.224 e. The Kier molecular flexibility index (Phi) is 3.49. The lowest BCUT2D eigenvalue weighted by Crippen LogP contribution is -2.28. The van der Waals surface area contributed by atoms with Crippen LogP contribution in [0.25, 0.3) is 49.0 Å². The van der Waals surface area contributed by atoms with E-state index in [0.29, 0.717) is 5.92 Å². The summed E-state index contributed by atoms with van der Waals surface area (Å²) in [7, 11) is 2.17. The predicted molar refractivity (Wildman–Crippen MR) is 127 cm³/mol. The SMILES string of the molecule is Cc1ccc2c3ccc(C4CCCOC4)cc3n3c4cccc5cc[n+](C)c(c1c23)c54. The van der Waals surface area contributed by atoms with Crippen molar-refractivity contribution in [1.82, 2.24) is 4.40 Å². The Morgan fingerprint density at radius 2 is 1.87 bits per heavy atom. The lowest BCUT2D eigenvalue weighted by atomic mass is 9.93. The highest BCUT2D eigenvalue weighted by atomic mass is 16.5. The van der Waals surface area contributed by atoms with Crippen molar-refractivity contribution in [2.75, 3.05) is 13.2 Å². The molecule has 1 fully saturated rings. The van der Waals surface area contributed by atoms with Gasteiger partial charge < -0.3 is 9.14 Å². The van der Waals surface area contributed by atoms with Gasteiger partial charge in [0.2, 0.25) is 5.52 Å². The van der Waals surface area contributed by atoms with Gasteiger partial charge in [-0.15, -0.1) is 0 Å². The van der Waals surface area contributed by atoms with Crippen LogP contribution in [0.1, 0.15) is 29.9 Å². The first kappa shape index (κ1) is 17.5. The minimum atomic E-state index is 0.495. The molecular weight excluding hydrogens is 380 g/mol. The van der Waals surface area contributed by atoms with E-state index in [0.717, 1.165) is 19.6 Å². The summed E-state index contributed by atoms with van der Waals surface area (Å²) in [4.78, 5) is 0. The maximum absolute atomic E-state index is 5.81. The highest BCUT2D eigenvalue weighted by molar-refractivity contribution is 6.25. The first-order valence-corrected chi connectivity index (χ1v) is 11.3. The average molecular weight is 406 g/mol. The fourth-order valence-corrected chi connectivity index (χ4v) is 5.92. The van der Waals surface area contributed by atoms with Gasteiger partial charge in [0.1, 0.15) is 7.05 Å². The van der Waals surface area contributed by atoms with Crippen LogP contribution in [0.4, 0.5) is 0 Å². The normalized spacial score (nSPS) is 17.7. The van der Waals surface area contributed by atoms with E-state index < -0.39 is 0 Å². The lowest BCUT2D eigenvalue weighted by Gasteiger charge is -2.22. The van der Waals surface area contributed by atoms with Crippen LogP contribution >= 0.6 is 0 Å². The van der Waals surface area contributed by atoms with Crippen LogP contribution in [0.15, 0.2) is 60.8 Å². The highest BCUT2D eigenvalue weighted by Crippen LogP contribution is 2.41. The van der Waals surface area contributed by atoms with E-state index in [1.807, 2.05) is 0 Å². The van der Waals surface area contributed by atoms with Crippen molar-refractivity contribution in [2.45, 2.75) is 25.7 Å². The summed E-state index contributed by atoms with van der Waals surface area (Å²) in [6.45, 7) is 3.98. The Balaban J connectivity index is 1.74. The van der Waals surface area contributed by atoms with E-state index in [1.165, 1.54) is 66.5 Å². The van der Waals surface area contributed by atoms with Crippen molar-refractivity contribution in [3.63, 3.8) is 0 Å². The molecule has 1 aliphatic heterocycles. The van der Waals surface area contributed by atoms with Gasteiger partial charge >= 0.3 is 0 Å². The molecular formula is C28H25N2O+. The Morgan fingerprint density at radius 1 is 0.968 bits per heavy atom. The number of fused-ring (bicyclic) bond motifs is 5. The van der Waals surface area contributed by atoms with Gasteiger partial charge in [0.25, 0.3) is 0 Å². The molecule has 0 spiro atoms. The number of rotatable bonds is 1. The standard InChI is InChI=1S/C28H25N2O/c1-17-8-10-22-21-11-9-19(20-6-4-14-31-16-20)15-24(21)30-23-7-3-5-18-12-13-29(2)28(26(18)23)25(17)27(22)30/h3,5,7-13,15,20H,4,6,14,16H2,1-2H3/q+1. The third kappa shape index (κ3) is 2.25. The van der Waals surface area contributed by atoms with Crippen molar-refractivity contribution in [2.24, 2.45) is 7.05 Å². The number of benzene rings is 3. The molecule has 3 aromatic heterocycles. The molecule has 0 bridgehead atoms. The molecule has 1 unspecified atom stereocenters. The molecule has 152 valence electrons. The van der Waals surface area contributed by atoms with Gasteiger partial charge in [0.05, 0.1) is 33.9 Å². The van der Waals surface area contributed by atoms with Crippen LogP contribution < -0.4 is 4.57 Å². The van der Waals surface area contributed by atoms with E-state index in [9.17, 15) is 0 Å². The molecule has 0 N–H and O–H groups in total. The van der Waals surface area contributed by atoms with E-state index in [-0.39, 0.29) is 0 Å². The Morgan fingerprint density at radius 3 is 2.74 bits per heavy atom. The minimum absolute atomic E-state index is 0.495. The third-order valence-corrected chi connectivity index (χ3v) is 7.41. The van der Waals surface area contributed by atoms with Crippen LogP contribution in [0.3, 0.4) is 0 Å². The van der Waals surface area contributed by atoms with E-state index in [1.54, 1.807) is 0 Å². The topological polar surface area (TPSA) is 17.5 Å². The Hall–Kier alpha value is -3.17. The summed E-state index contributed by atoms with van der Waals surface area (Å²) in [5.74, 6) is 0.495. The van der Waals surface area contributed by atoms with Crippen molar-refractivity contribution in [3.8, 4) is 0 Å². The van der Waals surface area contributed by atoms with E-state index in [2.05, 4.69) is 83.7 Å². The maximum atomic E-state index is 5.81. The molecule has 1 atom stereocenters. The van der Waals surface area contributed by atoms with Crippen LogP contribution in [0.5, 0.6) is 0 Å². The van der Waals surface area contributed by atoms with Crippen LogP contribution in [0, 0.1) is 6.92 Å². The molecule has 0 saturated carbocycles. The van der Waals surface area contributed by atoms with E-state index >= 15 is 0 Å². The quantitative estimate of drug-likeness (QED) is 0.186. The van der Waals surface area contributed by atoms with Gasteiger partial charge in [-0.1, -0.05) is 36.4 Å². The minimum Gasteiger partial charge on any atom is -0.381 e. The van der Waals surface area contributed by atoms with Gasteiger partial charge in [-0.2, -0.15) is 0 Å². The van der Waals surface area contributed by atoms with E-state index in [4.69, 9.17) is 4.74 Å². The van der Waals surface area contributed by atoms with Crippen LogP contribution in [-0.2, 0) is 11.8 Å². The van der Waals surface area contributed by atoms with Gasteiger partial charge in [0, 0.05) is 29.4 Å². The zero-order valence-electron chi connectivity index (χ0n) is 18.0. The second-order valence-electron chi connectivity index (χ2n) is 9.20. The molecule has 3 nitrogen and oxygen atoms in total. The summed E-state index contributed by atoms with van der Waals surface area (Å²) in [6.07, 6.45) is 4.56. The second kappa shape index (κ2) is 6.18. The number of aromatic nitrogens is 2. The molecule has 3 heteroatoms. The zero-order valence-corrected chi connectivity index (χ0v) is 18.0. The number of pyridine rings is 2. The number of aryl methyl sites for hydroxylation is 2. The number of nitrogens with zero attached hydrogens (tertiary/aromatic N) is 2. The molecule has 6 aromatic rings. The van der Waals surface area contributed by atoms with Crippen molar-refractivity contribution in [1.29, 1.82) is 0 Å². The highest BCUT2D eigenvalue weighted by Gasteiger charge is 2.24.